The molecule has 1 aliphatic rings. The second kappa shape index (κ2) is 10.6. The van der Waals surface area contributed by atoms with Gasteiger partial charge in [0.2, 0.25) is 0 Å². The number of alkyl halides is 2. The van der Waals surface area contributed by atoms with Gasteiger partial charge in [-0.2, -0.15) is 0 Å². The van der Waals surface area contributed by atoms with Crippen LogP contribution in [0.1, 0.15) is 77.9 Å². The van der Waals surface area contributed by atoms with Gasteiger partial charge in [0, 0.05) is 35.7 Å². The highest BCUT2D eigenvalue weighted by atomic mass is 19.3. The molecule has 0 bridgehead atoms. The fourth-order valence-corrected chi connectivity index (χ4v) is 5.42. The van der Waals surface area contributed by atoms with Crippen molar-refractivity contribution in [1.82, 2.24) is 19.7 Å². The van der Waals surface area contributed by atoms with Crippen LogP contribution in [0.15, 0.2) is 53.6 Å². The van der Waals surface area contributed by atoms with Crippen molar-refractivity contribution in [2.45, 2.75) is 64.3 Å². The summed E-state index contributed by atoms with van der Waals surface area (Å²) < 4.78 is 36.5. The summed E-state index contributed by atoms with van der Waals surface area (Å²) in [7, 11) is 1.60. The van der Waals surface area contributed by atoms with Crippen LogP contribution in [-0.2, 0) is 12.5 Å². The number of methoxy groups -OCH3 is 1. The quantitative estimate of drug-likeness (QED) is 0.286. The Kier molecular flexibility index (Phi) is 7.25. The summed E-state index contributed by atoms with van der Waals surface area (Å²) in [6, 6.07) is 12.6. The Bertz CT molecular complexity index is 1570. The number of imidazole rings is 1. The Balaban J connectivity index is 1.55. The van der Waals surface area contributed by atoms with Crippen molar-refractivity contribution in [3.05, 3.63) is 87.4 Å². The molecule has 3 aromatic heterocycles. The normalized spacial score (nSPS) is 14.2. The van der Waals surface area contributed by atoms with Gasteiger partial charge in [-0.3, -0.25) is 14.0 Å². The van der Waals surface area contributed by atoms with E-state index >= 15 is 0 Å². The first-order chi connectivity index (χ1) is 18.7. The van der Waals surface area contributed by atoms with Crippen LogP contribution < -0.4 is 15.6 Å². The Labute approximate surface area is 225 Å². The molecule has 1 fully saturated rings. The monoisotopic (exact) mass is 534 g/mol. The SMILES string of the molecule is CCC(F)(F)c1cc(C)[nH]c(=O)c1CNC(=O)c1cc(-c2ccc(OC)cc2)cc2c(C3CCCC3)ncn12. The highest BCUT2D eigenvalue weighted by molar-refractivity contribution is 5.95. The molecular weight excluding hydrogens is 502 g/mol. The second-order valence-electron chi connectivity index (χ2n) is 10.1. The van der Waals surface area contributed by atoms with Gasteiger partial charge < -0.3 is 15.0 Å². The number of nitrogens with one attached hydrogen (secondary N) is 2. The van der Waals surface area contributed by atoms with Crippen LogP contribution in [0.3, 0.4) is 0 Å². The van der Waals surface area contributed by atoms with Crippen LogP contribution in [0.5, 0.6) is 5.75 Å². The van der Waals surface area contributed by atoms with E-state index in [1.807, 2.05) is 30.3 Å². The number of benzene rings is 1. The third-order valence-corrected chi connectivity index (χ3v) is 7.61. The van der Waals surface area contributed by atoms with E-state index in [1.54, 1.807) is 30.8 Å². The topological polar surface area (TPSA) is 88.5 Å². The Morgan fingerprint density at radius 2 is 1.87 bits per heavy atom. The number of hydrogen-bond donors (Lipinski definition) is 2. The number of amides is 1. The molecule has 1 aliphatic carbocycles. The van der Waals surface area contributed by atoms with Gasteiger partial charge in [-0.1, -0.05) is 31.9 Å². The first-order valence-electron chi connectivity index (χ1n) is 13.3. The maximum absolute atomic E-state index is 14.7. The fourth-order valence-electron chi connectivity index (χ4n) is 5.42. The third-order valence-electron chi connectivity index (χ3n) is 7.61. The summed E-state index contributed by atoms with van der Waals surface area (Å²) in [6.45, 7) is 2.58. The minimum Gasteiger partial charge on any atom is -0.497 e. The van der Waals surface area contributed by atoms with Crippen molar-refractivity contribution in [2.75, 3.05) is 7.11 Å². The van der Waals surface area contributed by atoms with E-state index in [9.17, 15) is 18.4 Å². The predicted octanol–water partition coefficient (Wildman–Crippen LogP) is 6.10. The van der Waals surface area contributed by atoms with Gasteiger partial charge >= 0.3 is 0 Å². The Hall–Kier alpha value is -4.01. The lowest BCUT2D eigenvalue weighted by molar-refractivity contribution is -0.00954. The summed E-state index contributed by atoms with van der Waals surface area (Å²) >= 11 is 0. The fraction of sp³-hybridized carbons (Fsp3) is 0.367. The van der Waals surface area contributed by atoms with Gasteiger partial charge in [0.1, 0.15) is 17.8 Å². The minimum atomic E-state index is -3.19. The molecule has 0 aliphatic heterocycles. The molecule has 1 saturated carbocycles. The molecule has 0 unspecified atom stereocenters. The van der Waals surface area contributed by atoms with Crippen LogP contribution in [-0.4, -0.2) is 27.4 Å². The molecule has 0 spiro atoms. The Morgan fingerprint density at radius 1 is 1.15 bits per heavy atom. The number of hydrogen-bond acceptors (Lipinski definition) is 4. The number of aromatic amines is 1. The summed E-state index contributed by atoms with van der Waals surface area (Å²) in [5, 5.41) is 2.72. The van der Waals surface area contributed by atoms with Crippen molar-refractivity contribution >= 4 is 11.4 Å². The van der Waals surface area contributed by atoms with E-state index in [0.717, 1.165) is 53.8 Å². The maximum Gasteiger partial charge on any atom is 0.273 e. The van der Waals surface area contributed by atoms with Crippen LogP contribution >= 0.6 is 0 Å². The van der Waals surface area contributed by atoms with Gasteiger partial charge in [-0.05, 0) is 61.2 Å². The summed E-state index contributed by atoms with van der Waals surface area (Å²) in [6.07, 6.45) is 5.57. The molecule has 3 heterocycles. The van der Waals surface area contributed by atoms with Crippen molar-refractivity contribution < 1.29 is 18.3 Å². The zero-order chi connectivity index (χ0) is 27.7. The predicted molar refractivity (Wildman–Crippen MR) is 146 cm³/mol. The van der Waals surface area contributed by atoms with Gasteiger partial charge in [-0.15, -0.1) is 0 Å². The van der Waals surface area contributed by atoms with Crippen molar-refractivity contribution in [3.63, 3.8) is 0 Å². The van der Waals surface area contributed by atoms with Gasteiger partial charge in [0.05, 0.1) is 18.3 Å². The first kappa shape index (κ1) is 26.6. The number of H-pyrrole nitrogens is 1. The number of pyridine rings is 2. The average Bonchev–Trinajstić information content (AvgIpc) is 3.61. The van der Waals surface area contributed by atoms with Crippen LogP contribution in [0.25, 0.3) is 16.6 Å². The second-order valence-corrected chi connectivity index (χ2v) is 10.1. The lowest BCUT2D eigenvalue weighted by Gasteiger charge is -2.19. The largest absolute Gasteiger partial charge is 0.497 e. The number of ether oxygens (including phenoxy) is 1. The molecule has 39 heavy (non-hydrogen) atoms. The molecular formula is C30H32F2N4O3. The molecule has 1 amide bonds. The molecule has 0 atom stereocenters. The number of carbonyl (C=O) groups excluding carboxylic acids is 1. The van der Waals surface area contributed by atoms with Gasteiger partial charge in [-0.25, -0.2) is 13.8 Å². The standard InChI is InChI=1S/C30H32F2N4O3/c1-4-30(31,32)24-13-18(2)35-28(37)23(24)16-33-29(38)26-15-21(19-9-11-22(39-3)12-10-19)14-25-27(34-17-36(25)26)20-7-5-6-8-20/h9-15,17,20H,4-8,16H2,1-3H3,(H,33,38)(H,35,37). The molecule has 5 rings (SSSR count). The van der Waals surface area contributed by atoms with E-state index in [2.05, 4.69) is 10.3 Å². The maximum atomic E-state index is 14.7. The first-order valence-corrected chi connectivity index (χ1v) is 13.3. The molecule has 0 saturated heterocycles. The summed E-state index contributed by atoms with van der Waals surface area (Å²) in [5.41, 5.74) is 3.00. The molecule has 2 N–H and O–H groups in total. The third kappa shape index (κ3) is 5.17. The highest BCUT2D eigenvalue weighted by Gasteiger charge is 2.33. The van der Waals surface area contributed by atoms with Crippen LogP contribution in [0.4, 0.5) is 8.78 Å². The van der Waals surface area contributed by atoms with Crippen LogP contribution in [0.2, 0.25) is 0 Å². The zero-order valence-corrected chi connectivity index (χ0v) is 22.3. The van der Waals surface area contributed by atoms with E-state index < -0.39 is 23.8 Å². The highest BCUT2D eigenvalue weighted by Crippen LogP contribution is 2.37. The number of rotatable bonds is 8. The molecule has 0 radical (unpaired) electrons. The molecule has 204 valence electrons. The molecule has 9 heteroatoms. The number of nitrogens with zero attached hydrogens (tertiary/aromatic N) is 2. The van der Waals surface area contributed by atoms with Crippen molar-refractivity contribution in [3.8, 4) is 16.9 Å². The zero-order valence-electron chi connectivity index (χ0n) is 22.3. The van der Waals surface area contributed by atoms with E-state index in [4.69, 9.17) is 9.72 Å². The number of carbonyl (C=O) groups is 1. The summed E-state index contributed by atoms with van der Waals surface area (Å²) in [5.74, 6) is -2.64. The molecule has 4 aromatic rings. The lowest BCUT2D eigenvalue weighted by atomic mass is 9.99. The van der Waals surface area contributed by atoms with E-state index in [0.29, 0.717) is 17.3 Å². The summed E-state index contributed by atoms with van der Waals surface area (Å²) in [4.78, 5) is 33.5. The van der Waals surface area contributed by atoms with Gasteiger partial charge in [0.15, 0.2) is 0 Å². The van der Waals surface area contributed by atoms with Crippen LogP contribution in [0, 0.1) is 6.92 Å². The minimum absolute atomic E-state index is 0.152. The lowest BCUT2D eigenvalue weighted by Crippen LogP contribution is -2.31. The number of aromatic nitrogens is 3. The average molecular weight is 535 g/mol. The van der Waals surface area contributed by atoms with Gasteiger partial charge in [0.25, 0.3) is 17.4 Å². The number of aryl methyl sites for hydroxylation is 1. The van der Waals surface area contributed by atoms with E-state index in [-0.39, 0.29) is 17.7 Å². The number of fused-ring (bicyclic) bond motifs is 1. The van der Waals surface area contributed by atoms with Crippen molar-refractivity contribution in [1.29, 1.82) is 0 Å². The number of halogens is 2. The molecule has 7 nitrogen and oxygen atoms in total. The Morgan fingerprint density at radius 3 is 2.54 bits per heavy atom. The molecule has 1 aromatic carbocycles. The van der Waals surface area contributed by atoms with Crippen molar-refractivity contribution in [2.24, 2.45) is 0 Å². The van der Waals surface area contributed by atoms with E-state index in [1.165, 1.54) is 13.0 Å². The smallest absolute Gasteiger partial charge is 0.273 e.